The summed E-state index contributed by atoms with van der Waals surface area (Å²) in [6, 6.07) is 0. The maximum atomic E-state index is 12.7. The molecule has 0 aliphatic carbocycles. The first-order valence-electron chi connectivity index (χ1n) is 27.2. The molecule has 0 fully saturated rings. The fourth-order valence-electron chi connectivity index (χ4n) is 8.13. The minimum atomic E-state index is -0.767. The third-order valence-electron chi connectivity index (χ3n) is 12.3. The lowest BCUT2D eigenvalue weighted by molar-refractivity contribution is -0.167. The molecule has 0 amide bonds. The second-order valence-corrected chi connectivity index (χ2v) is 18.5. The molecule has 0 aromatic rings. The molecule has 0 bridgehead atoms. The smallest absolute Gasteiger partial charge is 0.306 e. The molecule has 360 valence electrons. The Labute approximate surface area is 380 Å². The zero-order chi connectivity index (χ0) is 44.4. The van der Waals surface area contributed by atoms with E-state index in [9.17, 15) is 14.4 Å². The number of allylic oxidation sites excluding steroid dienone is 2. The Kier molecular flexibility index (Phi) is 49.3. The number of carbonyl (C=O) groups excluding carboxylic acids is 3. The SMILES string of the molecule is CCCC/C=C\CCCCCCCC(=O)OC(COC(=O)CCCCCCCCCCCCC)COC(=O)CCCCCCCCCCCCCCCCCCCCCCC. The van der Waals surface area contributed by atoms with E-state index in [1.54, 1.807) is 0 Å². The number of ether oxygens (including phenoxy) is 3. The van der Waals surface area contributed by atoms with Gasteiger partial charge in [-0.05, 0) is 38.5 Å². The van der Waals surface area contributed by atoms with Gasteiger partial charge in [0.1, 0.15) is 13.2 Å². The van der Waals surface area contributed by atoms with Gasteiger partial charge in [-0.3, -0.25) is 14.4 Å². The van der Waals surface area contributed by atoms with Crippen molar-refractivity contribution in [2.45, 2.75) is 309 Å². The second-order valence-electron chi connectivity index (χ2n) is 18.5. The Morgan fingerprint density at radius 2 is 0.557 bits per heavy atom. The van der Waals surface area contributed by atoms with Crippen LogP contribution in [0.2, 0.25) is 0 Å². The highest BCUT2D eigenvalue weighted by Crippen LogP contribution is 2.17. The molecule has 0 saturated heterocycles. The third kappa shape index (κ3) is 49.0. The highest BCUT2D eigenvalue weighted by molar-refractivity contribution is 5.71. The molecule has 0 radical (unpaired) electrons. The van der Waals surface area contributed by atoms with Crippen LogP contribution in [0.5, 0.6) is 0 Å². The van der Waals surface area contributed by atoms with Crippen molar-refractivity contribution in [1.82, 2.24) is 0 Å². The van der Waals surface area contributed by atoms with Crippen LogP contribution in [0.1, 0.15) is 303 Å². The van der Waals surface area contributed by atoms with E-state index in [0.29, 0.717) is 19.3 Å². The molecule has 0 rings (SSSR count). The van der Waals surface area contributed by atoms with Crippen molar-refractivity contribution >= 4 is 17.9 Å². The minimum absolute atomic E-state index is 0.0681. The molecule has 1 unspecified atom stereocenters. The van der Waals surface area contributed by atoms with E-state index in [4.69, 9.17) is 14.2 Å². The van der Waals surface area contributed by atoms with Gasteiger partial charge in [0.25, 0.3) is 0 Å². The molecule has 6 heteroatoms. The zero-order valence-electron chi connectivity index (χ0n) is 41.2. The van der Waals surface area contributed by atoms with Crippen molar-refractivity contribution in [3.8, 4) is 0 Å². The number of carbonyl (C=O) groups is 3. The molecular weight excluding hydrogens is 757 g/mol. The van der Waals surface area contributed by atoms with Crippen LogP contribution in [0.3, 0.4) is 0 Å². The average Bonchev–Trinajstić information content (AvgIpc) is 3.26. The van der Waals surface area contributed by atoms with Gasteiger partial charge in [0.05, 0.1) is 0 Å². The first-order chi connectivity index (χ1) is 30.0. The van der Waals surface area contributed by atoms with Crippen LogP contribution in [0.25, 0.3) is 0 Å². The van der Waals surface area contributed by atoms with Gasteiger partial charge in [-0.1, -0.05) is 258 Å². The highest BCUT2D eigenvalue weighted by Gasteiger charge is 2.19. The molecule has 1 atom stereocenters. The molecular formula is C55H104O6. The van der Waals surface area contributed by atoms with Crippen LogP contribution in [-0.4, -0.2) is 37.2 Å². The van der Waals surface area contributed by atoms with Crippen molar-refractivity contribution < 1.29 is 28.6 Å². The van der Waals surface area contributed by atoms with E-state index < -0.39 is 6.10 Å². The van der Waals surface area contributed by atoms with Crippen LogP contribution in [0, 0.1) is 0 Å². The van der Waals surface area contributed by atoms with Crippen LogP contribution >= 0.6 is 0 Å². The van der Waals surface area contributed by atoms with Crippen molar-refractivity contribution in [2.75, 3.05) is 13.2 Å². The van der Waals surface area contributed by atoms with Crippen molar-refractivity contribution in [3.05, 3.63) is 12.2 Å². The lowest BCUT2D eigenvalue weighted by Crippen LogP contribution is -2.30. The summed E-state index contributed by atoms with van der Waals surface area (Å²) in [5.74, 6) is -0.861. The topological polar surface area (TPSA) is 78.9 Å². The Morgan fingerprint density at radius 1 is 0.311 bits per heavy atom. The summed E-state index contributed by atoms with van der Waals surface area (Å²) in [5, 5.41) is 0. The average molecular weight is 861 g/mol. The monoisotopic (exact) mass is 861 g/mol. The Bertz CT molecular complexity index is 947. The van der Waals surface area contributed by atoms with Gasteiger partial charge in [-0.25, -0.2) is 0 Å². The molecule has 0 N–H and O–H groups in total. The Hall–Kier alpha value is -1.85. The Morgan fingerprint density at radius 3 is 0.869 bits per heavy atom. The summed E-state index contributed by atoms with van der Waals surface area (Å²) >= 11 is 0. The van der Waals surface area contributed by atoms with Crippen molar-refractivity contribution in [1.29, 1.82) is 0 Å². The van der Waals surface area contributed by atoms with Gasteiger partial charge in [-0.2, -0.15) is 0 Å². The summed E-state index contributed by atoms with van der Waals surface area (Å²) in [6.45, 7) is 6.63. The largest absolute Gasteiger partial charge is 0.462 e. The fourth-order valence-corrected chi connectivity index (χ4v) is 8.13. The standard InChI is InChI=1S/C55H104O6/c1-4-7-10-13-16-19-22-23-24-25-26-27-28-29-30-31-34-36-39-42-45-48-54(57)60-51-52(61-55(58)49-46-43-40-37-33-21-18-15-12-9-6-3)50-59-53(56)47-44-41-38-35-32-20-17-14-11-8-5-2/h15,18,52H,4-14,16-17,19-51H2,1-3H3/b18-15-. The third-order valence-corrected chi connectivity index (χ3v) is 12.3. The van der Waals surface area contributed by atoms with E-state index in [2.05, 4.69) is 32.9 Å². The predicted molar refractivity (Wildman–Crippen MR) is 261 cm³/mol. The summed E-state index contributed by atoms with van der Waals surface area (Å²) in [4.78, 5) is 37.9. The number of esters is 3. The molecule has 0 saturated carbocycles. The van der Waals surface area contributed by atoms with Gasteiger partial charge in [0, 0.05) is 19.3 Å². The highest BCUT2D eigenvalue weighted by atomic mass is 16.6. The molecule has 0 spiro atoms. The van der Waals surface area contributed by atoms with Crippen molar-refractivity contribution in [2.24, 2.45) is 0 Å². The van der Waals surface area contributed by atoms with Gasteiger partial charge in [-0.15, -0.1) is 0 Å². The van der Waals surface area contributed by atoms with Gasteiger partial charge < -0.3 is 14.2 Å². The van der Waals surface area contributed by atoms with E-state index in [1.165, 1.54) is 199 Å². The Balaban J connectivity index is 4.19. The van der Waals surface area contributed by atoms with Gasteiger partial charge in [0.15, 0.2) is 6.10 Å². The first-order valence-corrected chi connectivity index (χ1v) is 27.2. The van der Waals surface area contributed by atoms with Gasteiger partial charge in [0.2, 0.25) is 0 Å². The van der Waals surface area contributed by atoms with E-state index in [0.717, 1.165) is 64.2 Å². The molecule has 0 aliphatic rings. The van der Waals surface area contributed by atoms with Crippen LogP contribution in [0.4, 0.5) is 0 Å². The number of hydrogen-bond acceptors (Lipinski definition) is 6. The van der Waals surface area contributed by atoms with Gasteiger partial charge >= 0.3 is 17.9 Å². The van der Waals surface area contributed by atoms with Crippen LogP contribution in [0.15, 0.2) is 12.2 Å². The van der Waals surface area contributed by atoms with Crippen LogP contribution < -0.4 is 0 Å². The maximum Gasteiger partial charge on any atom is 0.306 e. The number of rotatable bonds is 50. The summed E-state index contributed by atoms with van der Waals surface area (Å²) in [5.41, 5.74) is 0. The molecule has 6 nitrogen and oxygen atoms in total. The normalized spacial score (nSPS) is 12.0. The van der Waals surface area contributed by atoms with E-state index in [-0.39, 0.29) is 31.1 Å². The molecule has 0 heterocycles. The summed E-state index contributed by atoms with van der Waals surface area (Å²) in [6.07, 6.45) is 56.4. The lowest BCUT2D eigenvalue weighted by atomic mass is 10.0. The molecule has 0 aromatic carbocycles. The molecule has 0 aliphatic heterocycles. The predicted octanol–water partition coefficient (Wildman–Crippen LogP) is 17.8. The molecule has 0 aromatic heterocycles. The number of unbranched alkanes of at least 4 members (excludes halogenated alkanes) is 37. The minimum Gasteiger partial charge on any atom is -0.462 e. The zero-order valence-corrected chi connectivity index (χ0v) is 41.2. The first kappa shape index (κ1) is 59.1. The maximum absolute atomic E-state index is 12.7. The molecule has 61 heavy (non-hydrogen) atoms. The number of hydrogen-bond donors (Lipinski definition) is 0. The van der Waals surface area contributed by atoms with Crippen LogP contribution in [-0.2, 0) is 28.6 Å². The van der Waals surface area contributed by atoms with Crippen molar-refractivity contribution in [3.63, 3.8) is 0 Å². The quantitative estimate of drug-likeness (QED) is 0.0262. The van der Waals surface area contributed by atoms with E-state index in [1.807, 2.05) is 0 Å². The second kappa shape index (κ2) is 50.8. The lowest BCUT2D eigenvalue weighted by Gasteiger charge is -2.18. The van der Waals surface area contributed by atoms with E-state index >= 15 is 0 Å². The summed E-state index contributed by atoms with van der Waals surface area (Å²) in [7, 11) is 0. The summed E-state index contributed by atoms with van der Waals surface area (Å²) < 4.78 is 16.8. The fraction of sp³-hybridized carbons (Fsp3) is 0.909.